The second kappa shape index (κ2) is 6.35. The van der Waals surface area contributed by atoms with Crippen LogP contribution in [0.4, 0.5) is 0 Å². The fourth-order valence-electron chi connectivity index (χ4n) is 2.26. The number of morpholine rings is 1. The van der Waals surface area contributed by atoms with Gasteiger partial charge in [0.2, 0.25) is 0 Å². The van der Waals surface area contributed by atoms with Crippen LogP contribution in [0.2, 0.25) is 0 Å². The first-order chi connectivity index (χ1) is 9.88. The summed E-state index contributed by atoms with van der Waals surface area (Å²) in [7, 11) is 0. The van der Waals surface area contributed by atoms with Gasteiger partial charge in [0.05, 0.1) is 31.6 Å². The second-order valence-corrected chi connectivity index (χ2v) is 5.47. The molecule has 0 saturated carbocycles. The Morgan fingerprint density at radius 2 is 2.35 bits per heavy atom. The quantitative estimate of drug-likeness (QED) is 0.940. The van der Waals surface area contributed by atoms with E-state index in [-0.39, 0.29) is 6.04 Å². The zero-order chi connectivity index (χ0) is 13.8. The summed E-state index contributed by atoms with van der Waals surface area (Å²) >= 11 is 1.67. The zero-order valence-corrected chi connectivity index (χ0v) is 12.3. The smallest absolute Gasteiger partial charge is 0.128 e. The summed E-state index contributed by atoms with van der Waals surface area (Å²) in [6, 6.07) is 8.24. The molecule has 1 aromatic carbocycles. The Morgan fingerprint density at radius 3 is 3.15 bits per heavy atom. The van der Waals surface area contributed by atoms with Crippen LogP contribution >= 0.6 is 11.3 Å². The molecule has 1 saturated heterocycles. The van der Waals surface area contributed by atoms with E-state index in [9.17, 15) is 0 Å². The van der Waals surface area contributed by atoms with Crippen LogP contribution in [0, 0.1) is 0 Å². The van der Waals surface area contributed by atoms with Crippen molar-refractivity contribution in [3.8, 4) is 17.0 Å². The molecule has 1 N–H and O–H groups in total. The molecule has 1 fully saturated rings. The molecule has 4 nitrogen and oxygen atoms in total. The summed E-state index contributed by atoms with van der Waals surface area (Å²) in [4.78, 5) is 4.74. The van der Waals surface area contributed by atoms with Crippen LogP contribution in [0.3, 0.4) is 0 Å². The molecule has 0 aliphatic carbocycles. The van der Waals surface area contributed by atoms with Crippen LogP contribution in [0.5, 0.6) is 5.75 Å². The fraction of sp³-hybridized carbons (Fsp3) is 0.400. The number of hydrogen-bond acceptors (Lipinski definition) is 5. The van der Waals surface area contributed by atoms with E-state index in [1.165, 1.54) is 0 Å². The van der Waals surface area contributed by atoms with Crippen LogP contribution in [0.1, 0.15) is 18.0 Å². The van der Waals surface area contributed by atoms with Crippen molar-refractivity contribution >= 4 is 11.3 Å². The Hall–Kier alpha value is -1.43. The average Bonchev–Trinajstić information content (AvgIpc) is 2.99. The maximum atomic E-state index is 5.67. The monoisotopic (exact) mass is 290 g/mol. The largest absolute Gasteiger partial charge is 0.493 e. The van der Waals surface area contributed by atoms with Crippen molar-refractivity contribution in [2.75, 3.05) is 26.4 Å². The van der Waals surface area contributed by atoms with E-state index in [0.717, 1.165) is 35.2 Å². The average molecular weight is 290 g/mol. The summed E-state index contributed by atoms with van der Waals surface area (Å²) in [5.41, 5.74) is 2.02. The van der Waals surface area contributed by atoms with Crippen LogP contribution < -0.4 is 10.1 Å². The van der Waals surface area contributed by atoms with Crippen LogP contribution in [0.25, 0.3) is 11.3 Å². The first-order valence-electron chi connectivity index (χ1n) is 6.87. The normalized spacial score (nSPS) is 18.9. The summed E-state index contributed by atoms with van der Waals surface area (Å²) < 4.78 is 11.2. The molecule has 20 heavy (non-hydrogen) atoms. The molecular formula is C15H18N2O2S. The molecule has 1 atom stereocenters. The number of nitrogens with zero attached hydrogens (tertiary/aromatic N) is 1. The standard InChI is InChI=1S/C15H18N2O2S/c1-2-19-14-6-4-3-5-11(14)13-10-20-15(17-13)12-9-18-8-7-16-12/h3-6,10,12,16H,2,7-9H2,1H3. The molecule has 1 aromatic heterocycles. The number of hydrogen-bond donors (Lipinski definition) is 1. The number of benzene rings is 1. The van der Waals surface area contributed by atoms with E-state index < -0.39 is 0 Å². The van der Waals surface area contributed by atoms with Gasteiger partial charge in [0.15, 0.2) is 0 Å². The molecule has 2 aromatic rings. The van der Waals surface area contributed by atoms with Crippen molar-refractivity contribution in [2.24, 2.45) is 0 Å². The molecule has 1 aliphatic heterocycles. The fourth-order valence-corrected chi connectivity index (χ4v) is 3.13. The van der Waals surface area contributed by atoms with Gasteiger partial charge in [-0.2, -0.15) is 0 Å². The SMILES string of the molecule is CCOc1ccccc1-c1csc(C2COCCN2)n1. The molecule has 3 rings (SSSR count). The van der Waals surface area contributed by atoms with Crippen molar-refractivity contribution in [3.63, 3.8) is 0 Å². The van der Waals surface area contributed by atoms with Crippen LogP contribution in [-0.4, -0.2) is 31.3 Å². The van der Waals surface area contributed by atoms with E-state index in [1.54, 1.807) is 11.3 Å². The highest BCUT2D eigenvalue weighted by molar-refractivity contribution is 7.10. The zero-order valence-electron chi connectivity index (χ0n) is 11.5. The van der Waals surface area contributed by atoms with E-state index in [0.29, 0.717) is 13.2 Å². The minimum atomic E-state index is 0.210. The molecule has 1 aliphatic rings. The topological polar surface area (TPSA) is 43.4 Å². The minimum Gasteiger partial charge on any atom is -0.493 e. The van der Waals surface area contributed by atoms with Gasteiger partial charge in [-0.25, -0.2) is 4.98 Å². The minimum absolute atomic E-state index is 0.210. The second-order valence-electron chi connectivity index (χ2n) is 4.58. The van der Waals surface area contributed by atoms with Crippen molar-refractivity contribution in [3.05, 3.63) is 34.7 Å². The van der Waals surface area contributed by atoms with Crippen molar-refractivity contribution < 1.29 is 9.47 Å². The number of aromatic nitrogens is 1. The van der Waals surface area contributed by atoms with E-state index in [4.69, 9.17) is 14.5 Å². The third-order valence-corrected chi connectivity index (χ3v) is 4.16. The lowest BCUT2D eigenvalue weighted by molar-refractivity contribution is 0.0768. The summed E-state index contributed by atoms with van der Waals surface area (Å²) in [6.45, 7) is 5.01. The molecular weight excluding hydrogens is 272 g/mol. The maximum Gasteiger partial charge on any atom is 0.128 e. The third kappa shape index (κ3) is 2.85. The van der Waals surface area contributed by atoms with Gasteiger partial charge < -0.3 is 14.8 Å². The highest BCUT2D eigenvalue weighted by Gasteiger charge is 2.19. The summed E-state index contributed by atoms with van der Waals surface area (Å²) in [5, 5.41) is 6.59. The molecule has 0 spiro atoms. The van der Waals surface area contributed by atoms with Crippen molar-refractivity contribution in [1.82, 2.24) is 10.3 Å². The van der Waals surface area contributed by atoms with E-state index in [2.05, 4.69) is 16.8 Å². The van der Waals surface area contributed by atoms with Crippen molar-refractivity contribution in [1.29, 1.82) is 0 Å². The van der Waals surface area contributed by atoms with Crippen molar-refractivity contribution in [2.45, 2.75) is 13.0 Å². The van der Waals surface area contributed by atoms with Gasteiger partial charge in [0.1, 0.15) is 10.8 Å². The summed E-state index contributed by atoms with van der Waals surface area (Å²) in [5.74, 6) is 0.889. The third-order valence-electron chi connectivity index (χ3n) is 3.20. The van der Waals surface area contributed by atoms with Gasteiger partial charge in [-0.1, -0.05) is 12.1 Å². The van der Waals surface area contributed by atoms with Crippen LogP contribution in [0.15, 0.2) is 29.6 Å². The lowest BCUT2D eigenvalue weighted by Gasteiger charge is -2.21. The molecule has 1 unspecified atom stereocenters. The van der Waals surface area contributed by atoms with E-state index >= 15 is 0 Å². The Morgan fingerprint density at radius 1 is 1.45 bits per heavy atom. The van der Waals surface area contributed by atoms with Gasteiger partial charge in [0.25, 0.3) is 0 Å². The van der Waals surface area contributed by atoms with Gasteiger partial charge in [-0.3, -0.25) is 0 Å². The van der Waals surface area contributed by atoms with Gasteiger partial charge in [0, 0.05) is 17.5 Å². The highest BCUT2D eigenvalue weighted by Crippen LogP contribution is 2.32. The lowest BCUT2D eigenvalue weighted by atomic mass is 10.1. The highest BCUT2D eigenvalue weighted by atomic mass is 32.1. The predicted octanol–water partition coefficient (Wildman–Crippen LogP) is 2.87. The Kier molecular flexibility index (Phi) is 4.30. The Bertz CT molecular complexity index is 565. The lowest BCUT2D eigenvalue weighted by Crippen LogP contribution is -2.34. The molecule has 0 radical (unpaired) electrons. The first kappa shape index (κ1) is 13.5. The van der Waals surface area contributed by atoms with Crippen LogP contribution in [-0.2, 0) is 4.74 Å². The van der Waals surface area contributed by atoms with Gasteiger partial charge in [-0.15, -0.1) is 11.3 Å². The molecule has 5 heteroatoms. The number of rotatable bonds is 4. The first-order valence-corrected chi connectivity index (χ1v) is 7.75. The molecule has 0 amide bonds. The number of thiazole rings is 1. The molecule has 2 heterocycles. The number of ether oxygens (including phenoxy) is 2. The number of nitrogens with one attached hydrogen (secondary N) is 1. The molecule has 0 bridgehead atoms. The Labute approximate surface area is 122 Å². The van der Waals surface area contributed by atoms with E-state index in [1.807, 2.05) is 25.1 Å². The van der Waals surface area contributed by atoms with Gasteiger partial charge in [-0.05, 0) is 19.1 Å². The maximum absolute atomic E-state index is 5.67. The number of para-hydroxylation sites is 1. The summed E-state index contributed by atoms with van der Waals surface area (Å²) in [6.07, 6.45) is 0. The van der Waals surface area contributed by atoms with Gasteiger partial charge >= 0.3 is 0 Å². The molecule has 106 valence electrons. The Balaban J connectivity index is 1.86. The predicted molar refractivity (Wildman–Crippen MR) is 80.3 cm³/mol.